The average Bonchev–Trinajstić information content (AvgIpc) is 2.30. The van der Waals surface area contributed by atoms with Crippen LogP contribution in [0.5, 0.6) is 0 Å². The minimum Gasteiger partial charge on any atom is -0.302 e. The Morgan fingerprint density at radius 1 is 1.50 bits per heavy atom. The lowest BCUT2D eigenvalue weighted by Gasteiger charge is -2.09. The first-order chi connectivity index (χ1) is 7.77. The van der Waals surface area contributed by atoms with Crippen LogP contribution in [0.1, 0.15) is 13.3 Å². The molecule has 2 nitrogen and oxygen atoms in total. The Hall–Kier alpha value is -0.500. The number of nitrogens with one attached hydrogen (secondary N) is 1. The molecule has 1 aromatic rings. The topological polar surface area (TPSA) is 35.8 Å². The number of hydrogen-bond acceptors (Lipinski definition) is 3. The van der Waals surface area contributed by atoms with E-state index in [9.17, 15) is 0 Å². The molecule has 1 unspecified atom stereocenters. The Morgan fingerprint density at radius 3 is 2.88 bits per heavy atom. The third kappa shape index (κ3) is 4.56. The summed E-state index contributed by atoms with van der Waals surface area (Å²) in [6, 6.07) is 10.4. The van der Waals surface area contributed by atoms with E-state index >= 15 is 0 Å². The van der Waals surface area contributed by atoms with E-state index in [-0.39, 0.29) is 6.04 Å². The van der Waals surface area contributed by atoms with E-state index in [1.165, 1.54) is 4.90 Å². The van der Waals surface area contributed by atoms with E-state index < -0.39 is 0 Å². The maximum Gasteiger partial charge on any atom is 0.0960 e. The third-order valence-corrected chi connectivity index (χ3v) is 4.17. The quantitative estimate of drug-likeness (QED) is 0.817. The molecule has 1 N–H and O–H groups in total. The first-order valence-corrected chi connectivity index (χ1v) is 7.06. The molecule has 0 fully saturated rings. The van der Waals surface area contributed by atoms with Gasteiger partial charge in [-0.05, 0) is 41.0 Å². The highest BCUT2D eigenvalue weighted by Crippen LogP contribution is 2.27. The van der Waals surface area contributed by atoms with Crippen molar-refractivity contribution in [2.75, 3.05) is 12.3 Å². The summed E-state index contributed by atoms with van der Waals surface area (Å²) in [6.45, 7) is 2.86. The van der Waals surface area contributed by atoms with Crippen LogP contribution in [0.3, 0.4) is 0 Å². The molecule has 0 saturated heterocycles. The fourth-order valence-electron chi connectivity index (χ4n) is 1.31. The van der Waals surface area contributed by atoms with Gasteiger partial charge in [0.1, 0.15) is 0 Å². The van der Waals surface area contributed by atoms with E-state index in [1.807, 2.05) is 25.1 Å². The van der Waals surface area contributed by atoms with Gasteiger partial charge in [-0.15, -0.1) is 11.8 Å². The monoisotopic (exact) mass is 298 g/mol. The molecule has 0 amide bonds. The SMILES string of the molecule is CCNC(C#N)CCSc1ccccc1Br. The first kappa shape index (κ1) is 13.6. The highest BCUT2D eigenvalue weighted by atomic mass is 79.9. The van der Waals surface area contributed by atoms with Crippen molar-refractivity contribution >= 4 is 27.7 Å². The van der Waals surface area contributed by atoms with Crippen LogP contribution in [0.2, 0.25) is 0 Å². The van der Waals surface area contributed by atoms with Crippen molar-refractivity contribution in [3.8, 4) is 6.07 Å². The summed E-state index contributed by atoms with van der Waals surface area (Å²) >= 11 is 5.29. The Kier molecular flexibility index (Phi) is 6.55. The fourth-order valence-corrected chi connectivity index (χ4v) is 2.89. The van der Waals surface area contributed by atoms with Crippen molar-refractivity contribution in [2.45, 2.75) is 24.3 Å². The molecule has 0 spiro atoms. The molecule has 0 heterocycles. The maximum absolute atomic E-state index is 8.88. The summed E-state index contributed by atoms with van der Waals surface area (Å²) in [6.07, 6.45) is 0.871. The van der Waals surface area contributed by atoms with Crippen LogP contribution in [0.25, 0.3) is 0 Å². The largest absolute Gasteiger partial charge is 0.302 e. The summed E-state index contributed by atoms with van der Waals surface area (Å²) in [5.41, 5.74) is 0. The van der Waals surface area contributed by atoms with Crippen LogP contribution in [-0.2, 0) is 0 Å². The van der Waals surface area contributed by atoms with Gasteiger partial charge in [-0.3, -0.25) is 0 Å². The number of rotatable bonds is 6. The van der Waals surface area contributed by atoms with E-state index in [0.717, 1.165) is 23.2 Å². The Morgan fingerprint density at radius 2 is 2.25 bits per heavy atom. The second-order valence-electron chi connectivity index (χ2n) is 3.31. The summed E-state index contributed by atoms with van der Waals surface area (Å²) in [5, 5.41) is 12.0. The zero-order valence-electron chi connectivity index (χ0n) is 9.24. The maximum atomic E-state index is 8.88. The molecule has 0 radical (unpaired) electrons. The number of nitrogens with zero attached hydrogens (tertiary/aromatic N) is 1. The molecular formula is C12H15BrN2S. The third-order valence-electron chi connectivity index (χ3n) is 2.11. The van der Waals surface area contributed by atoms with Gasteiger partial charge in [0.15, 0.2) is 0 Å². The summed E-state index contributed by atoms with van der Waals surface area (Å²) in [5.74, 6) is 0.952. The molecule has 0 aliphatic heterocycles. The lowest BCUT2D eigenvalue weighted by molar-refractivity contribution is 0.613. The van der Waals surface area contributed by atoms with Crippen LogP contribution < -0.4 is 5.32 Å². The van der Waals surface area contributed by atoms with E-state index in [2.05, 4.69) is 33.4 Å². The summed E-state index contributed by atoms with van der Waals surface area (Å²) in [7, 11) is 0. The van der Waals surface area contributed by atoms with Gasteiger partial charge < -0.3 is 5.32 Å². The van der Waals surface area contributed by atoms with Gasteiger partial charge in [0, 0.05) is 15.1 Å². The minimum absolute atomic E-state index is 0.0278. The Bertz CT molecular complexity index is 362. The van der Waals surface area contributed by atoms with Gasteiger partial charge in [0.05, 0.1) is 12.1 Å². The zero-order chi connectivity index (χ0) is 11.8. The van der Waals surface area contributed by atoms with E-state index in [4.69, 9.17) is 5.26 Å². The lowest BCUT2D eigenvalue weighted by atomic mass is 10.2. The number of thioether (sulfide) groups is 1. The zero-order valence-corrected chi connectivity index (χ0v) is 11.6. The molecule has 0 aliphatic carbocycles. The van der Waals surface area contributed by atoms with Crippen molar-refractivity contribution < 1.29 is 0 Å². The van der Waals surface area contributed by atoms with Crippen molar-refractivity contribution in [3.63, 3.8) is 0 Å². The Labute approximate surface area is 110 Å². The van der Waals surface area contributed by atoms with Crippen molar-refractivity contribution in [2.24, 2.45) is 0 Å². The van der Waals surface area contributed by atoms with Gasteiger partial charge in [-0.25, -0.2) is 0 Å². The molecule has 1 rings (SSSR count). The van der Waals surface area contributed by atoms with Crippen LogP contribution in [0.4, 0.5) is 0 Å². The predicted molar refractivity (Wildman–Crippen MR) is 72.6 cm³/mol. The lowest BCUT2D eigenvalue weighted by Crippen LogP contribution is -2.27. The highest BCUT2D eigenvalue weighted by molar-refractivity contribution is 9.10. The van der Waals surface area contributed by atoms with Crippen LogP contribution in [0.15, 0.2) is 33.6 Å². The molecule has 0 aromatic heterocycles. The fraction of sp³-hybridized carbons (Fsp3) is 0.417. The van der Waals surface area contributed by atoms with Gasteiger partial charge in [-0.2, -0.15) is 5.26 Å². The summed E-state index contributed by atoms with van der Waals surface area (Å²) in [4.78, 5) is 1.23. The molecule has 86 valence electrons. The normalized spacial score (nSPS) is 12.1. The second kappa shape index (κ2) is 7.72. The number of nitriles is 1. The van der Waals surface area contributed by atoms with Crippen molar-refractivity contribution in [1.29, 1.82) is 5.26 Å². The molecule has 1 atom stereocenters. The van der Waals surface area contributed by atoms with Gasteiger partial charge in [0.25, 0.3) is 0 Å². The second-order valence-corrected chi connectivity index (χ2v) is 5.30. The first-order valence-electron chi connectivity index (χ1n) is 5.28. The van der Waals surface area contributed by atoms with E-state index in [0.29, 0.717) is 0 Å². The van der Waals surface area contributed by atoms with Crippen molar-refractivity contribution in [1.82, 2.24) is 5.32 Å². The standard InChI is InChI=1S/C12H15BrN2S/c1-2-15-10(9-14)7-8-16-12-6-4-3-5-11(12)13/h3-6,10,15H,2,7-8H2,1H3. The molecule has 1 aromatic carbocycles. The number of benzene rings is 1. The van der Waals surface area contributed by atoms with Crippen LogP contribution in [-0.4, -0.2) is 18.3 Å². The van der Waals surface area contributed by atoms with Gasteiger partial charge >= 0.3 is 0 Å². The van der Waals surface area contributed by atoms with E-state index in [1.54, 1.807) is 11.8 Å². The Balaban J connectivity index is 2.36. The minimum atomic E-state index is -0.0278. The average molecular weight is 299 g/mol. The van der Waals surface area contributed by atoms with Crippen molar-refractivity contribution in [3.05, 3.63) is 28.7 Å². The molecule has 0 aliphatic rings. The number of hydrogen-bond donors (Lipinski definition) is 1. The van der Waals surface area contributed by atoms with Crippen LogP contribution >= 0.6 is 27.7 Å². The smallest absolute Gasteiger partial charge is 0.0960 e. The molecule has 0 bridgehead atoms. The molecular weight excluding hydrogens is 284 g/mol. The molecule has 0 saturated carbocycles. The van der Waals surface area contributed by atoms with Crippen LogP contribution in [0, 0.1) is 11.3 Å². The highest BCUT2D eigenvalue weighted by Gasteiger charge is 2.06. The number of halogens is 1. The van der Waals surface area contributed by atoms with Gasteiger partial charge in [0.2, 0.25) is 0 Å². The predicted octanol–water partition coefficient (Wildman–Crippen LogP) is 3.43. The molecule has 4 heteroatoms. The molecule has 16 heavy (non-hydrogen) atoms. The summed E-state index contributed by atoms with van der Waals surface area (Å²) < 4.78 is 1.12. The van der Waals surface area contributed by atoms with Gasteiger partial charge in [-0.1, -0.05) is 19.1 Å².